The van der Waals surface area contributed by atoms with Crippen molar-refractivity contribution in [1.82, 2.24) is 0 Å². The van der Waals surface area contributed by atoms with Crippen LogP contribution in [0.25, 0.3) is 6.08 Å². The smallest absolute Gasteiger partial charge is 0.302 e. The third-order valence-electron chi connectivity index (χ3n) is 7.58. The van der Waals surface area contributed by atoms with Gasteiger partial charge in [0.15, 0.2) is 0 Å². The molecule has 1 N–H and O–H groups in total. The van der Waals surface area contributed by atoms with Crippen LogP contribution in [-0.4, -0.2) is 40.6 Å². The van der Waals surface area contributed by atoms with E-state index in [2.05, 4.69) is 20.8 Å². The van der Waals surface area contributed by atoms with Gasteiger partial charge in [0.25, 0.3) is 0 Å². The zero-order valence-corrected chi connectivity index (χ0v) is 17.8. The molecule has 1 spiro atoms. The van der Waals surface area contributed by atoms with Crippen molar-refractivity contribution >= 4 is 12.0 Å². The summed E-state index contributed by atoms with van der Waals surface area (Å²) in [7, 11) is 0. The number of rotatable bonds is 4. The van der Waals surface area contributed by atoms with Crippen molar-refractivity contribution in [1.29, 1.82) is 0 Å². The Morgan fingerprint density at radius 2 is 1.90 bits per heavy atom. The maximum absolute atomic E-state index is 11.9. The van der Waals surface area contributed by atoms with Crippen molar-refractivity contribution in [3.8, 4) is 0 Å². The minimum absolute atomic E-state index is 0.220. The summed E-state index contributed by atoms with van der Waals surface area (Å²) >= 11 is 0. The predicted octanol–water partition coefficient (Wildman–Crippen LogP) is 4.09. The van der Waals surface area contributed by atoms with E-state index >= 15 is 0 Å². The lowest BCUT2D eigenvalue weighted by molar-refractivity contribution is -0.275. The largest absolute Gasteiger partial charge is 0.497 e. The third kappa shape index (κ3) is 3.19. The lowest BCUT2D eigenvalue weighted by Gasteiger charge is -2.59. The summed E-state index contributed by atoms with van der Waals surface area (Å²) in [4.78, 5) is 11.9. The van der Waals surface area contributed by atoms with Crippen LogP contribution in [0.2, 0.25) is 0 Å². The molecule has 1 aromatic rings. The molecule has 5 heteroatoms. The second-order valence-electron chi connectivity index (χ2n) is 9.54. The van der Waals surface area contributed by atoms with Crippen LogP contribution in [0.4, 0.5) is 0 Å². The molecule has 1 aliphatic heterocycles. The van der Waals surface area contributed by atoms with Crippen molar-refractivity contribution in [3.63, 3.8) is 0 Å². The molecule has 6 atom stereocenters. The van der Waals surface area contributed by atoms with Gasteiger partial charge in [0, 0.05) is 6.92 Å². The summed E-state index contributed by atoms with van der Waals surface area (Å²) in [5, 5.41) is 11.1. The molecule has 2 aliphatic carbocycles. The number of aliphatic hydroxyl groups excluding tert-OH is 1. The highest BCUT2D eigenvalue weighted by Gasteiger charge is 2.73. The molecule has 0 radical (unpaired) electrons. The van der Waals surface area contributed by atoms with E-state index in [0.717, 1.165) is 18.4 Å². The quantitative estimate of drug-likeness (QED) is 0.609. The number of fused-ring (bicyclic) bond motifs is 1. The Morgan fingerprint density at radius 3 is 2.59 bits per heavy atom. The molecule has 1 aromatic carbocycles. The Morgan fingerprint density at radius 1 is 1.17 bits per heavy atom. The molecule has 1 heterocycles. The third-order valence-corrected chi connectivity index (χ3v) is 7.58. The molecule has 1 saturated heterocycles. The first-order chi connectivity index (χ1) is 13.7. The number of hydrogen-bond donors (Lipinski definition) is 1. The average Bonchev–Trinajstić information content (AvgIpc) is 2.90. The molecule has 2 bridgehead atoms. The van der Waals surface area contributed by atoms with Crippen LogP contribution in [0.1, 0.15) is 58.9 Å². The standard InChI is InChI=1S/C24H32O5/c1-16(25)28-20-11-10-19(26)24-15-18(22(2,3)29-24)14-21(23(20,24)4)27-13-12-17-8-6-5-7-9-17/h5-9,12-13,18-21,26H,10-11,14-15H2,1-4H3. The number of esters is 1. The SMILES string of the molecule is CC(=O)OC1CCC(O)C23CC(CC(OC=Cc4ccccc4)C12C)C(C)(C)O3. The van der Waals surface area contributed by atoms with Crippen molar-refractivity contribution in [2.24, 2.45) is 11.3 Å². The van der Waals surface area contributed by atoms with Crippen LogP contribution < -0.4 is 0 Å². The van der Waals surface area contributed by atoms with Gasteiger partial charge in [-0.15, -0.1) is 0 Å². The first kappa shape index (κ1) is 20.4. The van der Waals surface area contributed by atoms with Crippen LogP contribution in [-0.2, 0) is 19.0 Å². The summed E-state index contributed by atoms with van der Waals surface area (Å²) in [6.07, 6.45) is 5.23. The second kappa shape index (κ2) is 7.13. The van der Waals surface area contributed by atoms with Crippen molar-refractivity contribution in [2.75, 3.05) is 0 Å². The molecule has 6 unspecified atom stereocenters. The first-order valence-electron chi connectivity index (χ1n) is 10.6. The van der Waals surface area contributed by atoms with Crippen LogP contribution in [0.15, 0.2) is 36.6 Å². The molecule has 0 aromatic heterocycles. The Balaban J connectivity index is 1.69. The summed E-state index contributed by atoms with van der Waals surface area (Å²) in [6.45, 7) is 7.70. The van der Waals surface area contributed by atoms with Crippen molar-refractivity contribution in [2.45, 2.75) is 82.9 Å². The fraction of sp³-hybridized carbons (Fsp3) is 0.625. The number of aliphatic hydroxyl groups is 1. The van der Waals surface area contributed by atoms with Gasteiger partial charge in [-0.2, -0.15) is 0 Å². The topological polar surface area (TPSA) is 65.0 Å². The summed E-state index contributed by atoms with van der Waals surface area (Å²) in [5.74, 6) is -0.0304. The van der Waals surface area contributed by atoms with E-state index in [0.29, 0.717) is 12.8 Å². The number of ether oxygens (including phenoxy) is 3. The van der Waals surface area contributed by atoms with Gasteiger partial charge in [-0.05, 0) is 64.0 Å². The molecule has 5 nitrogen and oxygen atoms in total. The number of hydrogen-bond acceptors (Lipinski definition) is 5. The van der Waals surface area contributed by atoms with Crippen molar-refractivity contribution in [3.05, 3.63) is 42.2 Å². The van der Waals surface area contributed by atoms with Gasteiger partial charge in [0.2, 0.25) is 0 Å². The highest BCUT2D eigenvalue weighted by molar-refractivity contribution is 5.66. The predicted molar refractivity (Wildman–Crippen MR) is 110 cm³/mol. The maximum atomic E-state index is 11.9. The van der Waals surface area contributed by atoms with Gasteiger partial charge in [-0.3, -0.25) is 4.79 Å². The molecule has 2 saturated carbocycles. The van der Waals surface area contributed by atoms with Gasteiger partial charge in [-0.1, -0.05) is 30.3 Å². The zero-order chi connectivity index (χ0) is 20.9. The molecular weight excluding hydrogens is 368 g/mol. The fourth-order valence-corrected chi connectivity index (χ4v) is 5.92. The highest BCUT2D eigenvalue weighted by Crippen LogP contribution is 2.65. The van der Waals surface area contributed by atoms with E-state index in [9.17, 15) is 9.90 Å². The lowest BCUT2D eigenvalue weighted by atomic mass is 9.52. The number of carbonyl (C=O) groups is 1. The van der Waals surface area contributed by atoms with Crippen LogP contribution in [0, 0.1) is 11.3 Å². The molecule has 3 fully saturated rings. The molecule has 29 heavy (non-hydrogen) atoms. The van der Waals surface area contributed by atoms with Gasteiger partial charge < -0.3 is 19.3 Å². The Kier molecular flexibility index (Phi) is 5.02. The lowest BCUT2D eigenvalue weighted by Crippen LogP contribution is -2.69. The van der Waals surface area contributed by atoms with Crippen molar-refractivity contribution < 1.29 is 24.1 Å². The van der Waals surface area contributed by atoms with E-state index in [1.165, 1.54) is 6.92 Å². The maximum Gasteiger partial charge on any atom is 0.302 e. The zero-order valence-electron chi connectivity index (χ0n) is 17.8. The summed E-state index contributed by atoms with van der Waals surface area (Å²) in [5.41, 5.74) is -0.713. The second-order valence-corrected chi connectivity index (χ2v) is 9.54. The van der Waals surface area contributed by atoms with Gasteiger partial charge in [0.1, 0.15) is 17.8 Å². The van der Waals surface area contributed by atoms with E-state index in [1.807, 2.05) is 36.4 Å². The monoisotopic (exact) mass is 400 g/mol. The first-order valence-corrected chi connectivity index (χ1v) is 10.6. The minimum atomic E-state index is -0.775. The van der Waals surface area contributed by atoms with Gasteiger partial charge in [-0.25, -0.2) is 0 Å². The molecule has 3 aliphatic rings. The average molecular weight is 401 g/mol. The van der Waals surface area contributed by atoms with Crippen LogP contribution >= 0.6 is 0 Å². The number of benzene rings is 1. The highest BCUT2D eigenvalue weighted by atomic mass is 16.6. The minimum Gasteiger partial charge on any atom is -0.497 e. The van der Waals surface area contributed by atoms with E-state index in [1.54, 1.807) is 6.26 Å². The Bertz CT molecular complexity index is 788. The molecular formula is C24H32O5. The molecule has 4 rings (SSSR count). The Hall–Kier alpha value is -1.85. The summed E-state index contributed by atoms with van der Waals surface area (Å²) < 4.78 is 18.8. The fourth-order valence-electron chi connectivity index (χ4n) is 5.92. The molecule has 158 valence electrons. The van der Waals surface area contributed by atoms with Gasteiger partial charge >= 0.3 is 5.97 Å². The molecule has 0 amide bonds. The summed E-state index contributed by atoms with van der Waals surface area (Å²) in [6, 6.07) is 9.99. The number of carbonyl (C=O) groups excluding carboxylic acids is 1. The normalized spacial score (nSPS) is 40.4. The Labute approximate surface area is 173 Å². The van der Waals surface area contributed by atoms with E-state index in [4.69, 9.17) is 14.2 Å². The van der Waals surface area contributed by atoms with E-state index in [-0.39, 0.29) is 29.7 Å². The van der Waals surface area contributed by atoms with Gasteiger partial charge in [0.05, 0.1) is 23.4 Å². The van der Waals surface area contributed by atoms with Crippen LogP contribution in [0.3, 0.4) is 0 Å². The van der Waals surface area contributed by atoms with Crippen LogP contribution in [0.5, 0.6) is 0 Å². The van der Waals surface area contributed by atoms with E-state index < -0.39 is 17.1 Å².